The van der Waals surface area contributed by atoms with Crippen LogP contribution in [-0.2, 0) is 14.8 Å². The van der Waals surface area contributed by atoms with E-state index in [9.17, 15) is 8.42 Å². The fourth-order valence-electron chi connectivity index (χ4n) is 1.93. The molecular formula is C14H16ClNO4S. The minimum Gasteiger partial charge on any atom is -0.395 e. The summed E-state index contributed by atoms with van der Waals surface area (Å²) >= 11 is 6.04. The highest BCUT2D eigenvalue weighted by atomic mass is 35.5. The zero-order chi connectivity index (χ0) is 15.3. The number of hydrogen-bond acceptors (Lipinski definition) is 4. The number of ether oxygens (including phenoxy) is 1. The number of sulfonamides is 1. The van der Waals surface area contributed by atoms with Gasteiger partial charge in [-0.25, -0.2) is 13.1 Å². The third-order valence-electron chi connectivity index (χ3n) is 2.94. The van der Waals surface area contributed by atoms with Crippen LogP contribution in [0, 0.1) is 11.8 Å². The van der Waals surface area contributed by atoms with Gasteiger partial charge in [0.05, 0.1) is 18.2 Å². The van der Waals surface area contributed by atoms with Crippen LogP contribution in [0.1, 0.15) is 18.4 Å². The summed E-state index contributed by atoms with van der Waals surface area (Å²) in [5, 5.41) is 8.78. The van der Waals surface area contributed by atoms with Crippen molar-refractivity contribution < 1.29 is 18.3 Å². The molecule has 7 heteroatoms. The monoisotopic (exact) mass is 329 g/mol. The molecule has 1 aromatic rings. The van der Waals surface area contributed by atoms with Crippen molar-refractivity contribution >= 4 is 21.6 Å². The number of benzene rings is 1. The van der Waals surface area contributed by atoms with Crippen molar-refractivity contribution in [3.8, 4) is 11.8 Å². The van der Waals surface area contributed by atoms with Crippen LogP contribution in [0.5, 0.6) is 0 Å². The predicted molar refractivity (Wildman–Crippen MR) is 79.6 cm³/mol. The van der Waals surface area contributed by atoms with Gasteiger partial charge in [-0.05, 0) is 24.6 Å². The molecule has 1 aliphatic rings. The molecule has 114 valence electrons. The molecule has 5 nitrogen and oxygen atoms in total. The Morgan fingerprint density at radius 3 is 2.90 bits per heavy atom. The minimum absolute atomic E-state index is 0.0133. The Hall–Kier alpha value is -1.10. The van der Waals surface area contributed by atoms with E-state index in [1.54, 1.807) is 6.07 Å². The Bertz CT molecular complexity index is 657. The molecule has 1 unspecified atom stereocenters. The maximum absolute atomic E-state index is 12.3. The van der Waals surface area contributed by atoms with E-state index in [0.29, 0.717) is 31.6 Å². The fourth-order valence-corrected chi connectivity index (χ4v) is 3.73. The van der Waals surface area contributed by atoms with Crippen molar-refractivity contribution in [2.24, 2.45) is 0 Å². The van der Waals surface area contributed by atoms with E-state index in [2.05, 4.69) is 16.6 Å². The zero-order valence-corrected chi connectivity index (χ0v) is 12.9. The number of aliphatic hydroxyl groups excluding tert-OH is 1. The van der Waals surface area contributed by atoms with Crippen molar-refractivity contribution in [3.63, 3.8) is 0 Å². The van der Waals surface area contributed by atoms with Gasteiger partial charge in [0.15, 0.2) is 0 Å². The summed E-state index contributed by atoms with van der Waals surface area (Å²) in [6, 6.07) is 4.32. The quantitative estimate of drug-likeness (QED) is 0.812. The van der Waals surface area contributed by atoms with E-state index < -0.39 is 10.0 Å². The number of halogens is 1. The highest BCUT2D eigenvalue weighted by molar-refractivity contribution is 7.89. The molecule has 0 radical (unpaired) electrons. The predicted octanol–water partition coefficient (Wildman–Crippen LogP) is 1.14. The third-order valence-corrected chi connectivity index (χ3v) is 4.95. The molecule has 1 saturated heterocycles. The van der Waals surface area contributed by atoms with E-state index in [1.807, 2.05) is 0 Å². The van der Waals surface area contributed by atoms with E-state index in [1.165, 1.54) is 12.1 Å². The Morgan fingerprint density at radius 2 is 2.29 bits per heavy atom. The van der Waals surface area contributed by atoms with Gasteiger partial charge in [0.1, 0.15) is 4.90 Å². The number of hydrogen-bond donors (Lipinski definition) is 2. The summed E-state index contributed by atoms with van der Waals surface area (Å²) in [4.78, 5) is 0.0313. The molecule has 0 saturated carbocycles. The first-order valence-electron chi connectivity index (χ1n) is 6.52. The Morgan fingerprint density at radius 1 is 1.48 bits per heavy atom. The van der Waals surface area contributed by atoms with E-state index in [-0.39, 0.29) is 22.6 Å². The first kappa shape index (κ1) is 16.3. The van der Waals surface area contributed by atoms with Gasteiger partial charge in [-0.3, -0.25) is 0 Å². The molecule has 0 aromatic heterocycles. The molecule has 2 rings (SSSR count). The van der Waals surface area contributed by atoms with Crippen LogP contribution in [0.4, 0.5) is 0 Å². The minimum atomic E-state index is -3.67. The topological polar surface area (TPSA) is 75.6 Å². The van der Waals surface area contributed by atoms with Crippen LogP contribution in [0.25, 0.3) is 0 Å². The third kappa shape index (κ3) is 4.43. The van der Waals surface area contributed by atoms with Gasteiger partial charge in [0.25, 0.3) is 0 Å². The van der Waals surface area contributed by atoms with Gasteiger partial charge < -0.3 is 9.84 Å². The van der Waals surface area contributed by atoms with Gasteiger partial charge in [0, 0.05) is 24.6 Å². The molecule has 0 amide bonds. The van der Waals surface area contributed by atoms with E-state index in [0.717, 1.165) is 0 Å². The second-order valence-electron chi connectivity index (χ2n) is 4.60. The average molecular weight is 330 g/mol. The fraction of sp³-hybridized carbons (Fsp3) is 0.429. The largest absolute Gasteiger partial charge is 0.395 e. The van der Waals surface area contributed by atoms with Gasteiger partial charge in [-0.1, -0.05) is 23.4 Å². The molecule has 1 aliphatic heterocycles. The van der Waals surface area contributed by atoms with Crippen LogP contribution in [0.3, 0.4) is 0 Å². The second kappa shape index (κ2) is 7.25. The van der Waals surface area contributed by atoms with Gasteiger partial charge in [-0.2, -0.15) is 0 Å². The Balaban J connectivity index is 2.18. The highest BCUT2D eigenvalue weighted by Gasteiger charge is 2.25. The summed E-state index contributed by atoms with van der Waals surface area (Å²) in [6.07, 6.45) is 1.02. The molecular weight excluding hydrogens is 314 g/mol. The van der Waals surface area contributed by atoms with Crippen molar-refractivity contribution in [1.29, 1.82) is 0 Å². The molecule has 1 aromatic carbocycles. The van der Waals surface area contributed by atoms with Crippen molar-refractivity contribution in [2.75, 3.05) is 19.8 Å². The van der Waals surface area contributed by atoms with Crippen molar-refractivity contribution in [2.45, 2.75) is 23.8 Å². The van der Waals surface area contributed by atoms with E-state index in [4.69, 9.17) is 21.4 Å². The molecule has 2 N–H and O–H groups in total. The van der Waals surface area contributed by atoms with Crippen molar-refractivity contribution in [1.82, 2.24) is 4.72 Å². The number of nitrogens with one attached hydrogen (secondary N) is 1. The first-order chi connectivity index (χ1) is 10.0. The average Bonchev–Trinajstić information content (AvgIpc) is 2.91. The lowest BCUT2D eigenvalue weighted by Gasteiger charge is -2.12. The lowest BCUT2D eigenvalue weighted by Crippen LogP contribution is -2.35. The lowest BCUT2D eigenvalue weighted by atomic mass is 10.2. The van der Waals surface area contributed by atoms with Crippen LogP contribution in [-0.4, -0.2) is 39.4 Å². The smallest absolute Gasteiger partial charge is 0.242 e. The molecule has 0 bridgehead atoms. The molecule has 1 atom stereocenters. The molecule has 0 aliphatic carbocycles. The Labute approximate surface area is 129 Å². The summed E-state index contributed by atoms with van der Waals surface area (Å²) < 4.78 is 32.2. The van der Waals surface area contributed by atoms with Gasteiger partial charge >= 0.3 is 0 Å². The molecule has 0 spiro atoms. The highest BCUT2D eigenvalue weighted by Crippen LogP contribution is 2.23. The maximum Gasteiger partial charge on any atom is 0.242 e. The second-order valence-corrected chi connectivity index (χ2v) is 6.69. The van der Waals surface area contributed by atoms with Crippen molar-refractivity contribution in [3.05, 3.63) is 28.8 Å². The molecule has 1 heterocycles. The zero-order valence-electron chi connectivity index (χ0n) is 11.3. The summed E-state index contributed by atoms with van der Waals surface area (Å²) in [7, 11) is -3.67. The van der Waals surface area contributed by atoms with Crippen LogP contribution in [0.2, 0.25) is 5.02 Å². The lowest BCUT2D eigenvalue weighted by molar-refractivity contribution is 0.192. The number of rotatable bonds is 4. The van der Waals surface area contributed by atoms with Gasteiger partial charge in [-0.15, -0.1) is 0 Å². The van der Waals surface area contributed by atoms with Crippen LogP contribution < -0.4 is 4.72 Å². The summed E-state index contributed by atoms with van der Waals surface area (Å²) in [6.45, 7) is 0.919. The summed E-state index contributed by atoms with van der Waals surface area (Å²) in [5.41, 5.74) is 0.608. The Kier molecular flexibility index (Phi) is 5.62. The first-order valence-corrected chi connectivity index (χ1v) is 8.38. The SMILES string of the molecule is O=S(=O)(NC1CCOC1)c1ccc(C#CCCO)cc1Cl. The van der Waals surface area contributed by atoms with Crippen LogP contribution in [0.15, 0.2) is 23.1 Å². The molecule has 21 heavy (non-hydrogen) atoms. The standard InChI is InChI=1S/C14H16ClNO4S/c15-13-9-11(3-1-2-7-17)4-5-14(13)21(18,19)16-12-6-8-20-10-12/h4-5,9,12,16-17H,2,6-8,10H2. The van der Waals surface area contributed by atoms with Crippen LogP contribution >= 0.6 is 11.6 Å². The molecule has 1 fully saturated rings. The normalized spacial score (nSPS) is 18.3. The van der Waals surface area contributed by atoms with E-state index >= 15 is 0 Å². The van der Waals surface area contributed by atoms with Gasteiger partial charge in [0.2, 0.25) is 10.0 Å². The maximum atomic E-state index is 12.3. The number of aliphatic hydroxyl groups is 1. The summed E-state index contributed by atoms with van der Waals surface area (Å²) in [5.74, 6) is 5.56.